The van der Waals surface area contributed by atoms with E-state index in [1.807, 2.05) is 0 Å². The predicted molar refractivity (Wildman–Crippen MR) is 104 cm³/mol. The summed E-state index contributed by atoms with van der Waals surface area (Å²) in [6.07, 6.45) is -16.7. The zero-order chi connectivity index (χ0) is 47.7. The number of alkyl halides is 34. The lowest BCUT2D eigenvalue weighted by Gasteiger charge is -2.43. The summed E-state index contributed by atoms with van der Waals surface area (Å²) in [4.78, 5) is 0. The highest BCUT2D eigenvalue weighted by Crippen LogP contribution is 2.67. The molecule has 0 N–H and O–H groups in total. The molecule has 0 radical (unpaired) electrons. The van der Waals surface area contributed by atoms with Crippen molar-refractivity contribution in [1.29, 1.82) is 0 Å². The van der Waals surface area contributed by atoms with E-state index in [4.69, 9.17) is 0 Å². The first-order valence-corrected chi connectivity index (χ1v) is 14.9. The minimum Gasteiger partial charge on any atom is -0.221 e. The number of hydrogen-bond acceptors (Lipinski definition) is 4. The molecule has 0 bridgehead atoms. The van der Waals surface area contributed by atoms with Crippen LogP contribution in [0.1, 0.15) is 0 Å². The molecule has 0 heterocycles. The molecule has 0 spiro atoms. The zero-order valence-corrected chi connectivity index (χ0v) is 25.6. The van der Waals surface area contributed by atoms with Gasteiger partial charge in [0.2, 0.25) is 19.7 Å². The second kappa shape index (κ2) is 13.0. The minimum absolute atomic E-state index is 5.73. The number of halogens is 34. The van der Waals surface area contributed by atoms with Crippen LogP contribution in [0.5, 0.6) is 0 Å². The van der Waals surface area contributed by atoms with Crippen molar-refractivity contribution in [1.82, 2.24) is 0 Å². The van der Waals surface area contributed by atoms with Gasteiger partial charge >= 0.3 is 93.9 Å². The third-order valence-corrected chi connectivity index (χ3v) is 11.0. The topological polar surface area (TPSA) is 68.3 Å². The number of rotatable bonds is 16. The van der Waals surface area contributed by atoms with Crippen molar-refractivity contribution in [3.63, 3.8) is 0 Å². The van der Waals surface area contributed by atoms with E-state index in [-0.39, 0.29) is 0 Å². The van der Waals surface area contributed by atoms with Gasteiger partial charge in [-0.25, -0.2) is 16.8 Å². The van der Waals surface area contributed by atoms with E-state index in [0.29, 0.717) is 0 Å². The highest BCUT2D eigenvalue weighted by atomic mass is 32.3. The summed E-state index contributed by atoms with van der Waals surface area (Å²) in [5.41, 5.74) is 0. The molecule has 0 saturated heterocycles. The van der Waals surface area contributed by atoms with Gasteiger partial charge in [0, 0.05) is 0 Å². The Balaban J connectivity index is 7.59. The van der Waals surface area contributed by atoms with Crippen LogP contribution in [0, 0.1) is 0 Å². The van der Waals surface area contributed by atoms with E-state index in [1.165, 1.54) is 0 Å². The van der Waals surface area contributed by atoms with E-state index in [2.05, 4.69) is 0 Å². The fourth-order valence-corrected chi connectivity index (χ4v) is 6.90. The molecule has 0 amide bonds. The Bertz CT molecular complexity index is 1600. The molecular weight excluding hydrogens is 978 g/mol. The van der Waals surface area contributed by atoms with Crippen LogP contribution in [0.3, 0.4) is 0 Å². The highest BCUT2D eigenvalue weighted by molar-refractivity contribution is 8.09. The Morgan fingerprint density at radius 2 is 0.333 bits per heavy atom. The van der Waals surface area contributed by atoms with Crippen molar-refractivity contribution in [3.8, 4) is 0 Å². The van der Waals surface area contributed by atoms with Crippen molar-refractivity contribution in [3.05, 3.63) is 0 Å². The van der Waals surface area contributed by atoms with Gasteiger partial charge in [-0.05, 0) is 0 Å². The number of sulfone groups is 2. The van der Waals surface area contributed by atoms with Crippen LogP contribution >= 0.6 is 0 Å². The molecule has 0 atom stereocenters. The van der Waals surface area contributed by atoms with Crippen molar-refractivity contribution in [2.45, 2.75) is 93.9 Å². The van der Waals surface area contributed by atoms with Gasteiger partial charge in [0.25, 0.3) is 0 Å². The number of hydrogen-bond donors (Lipinski definition) is 0. The summed E-state index contributed by atoms with van der Waals surface area (Å²) >= 11 is 0. The largest absolute Gasteiger partial charge is 0.460 e. The van der Waals surface area contributed by atoms with E-state index in [0.717, 1.165) is 0 Å². The van der Waals surface area contributed by atoms with Crippen LogP contribution in [0.15, 0.2) is 0 Å². The lowest BCUT2D eigenvalue weighted by molar-refractivity contribution is -0.458. The molecule has 0 fully saturated rings. The third kappa shape index (κ3) is 6.53. The van der Waals surface area contributed by atoms with Gasteiger partial charge in [0.1, 0.15) is 0 Å². The Labute approximate surface area is 285 Å². The first-order valence-electron chi connectivity index (χ1n) is 11.6. The second-order valence-corrected chi connectivity index (χ2v) is 14.7. The molecule has 0 aromatic carbocycles. The SMILES string of the molecule is O=S(=O)(CS(=O)(=O)C(F)(F)C(F)(F)C(F)(F)C(F)(F)C(F)(F)C(F)(F)C(F)(F)C(F)(F)F)C(F)(F)C(F)(F)C(F)(F)C(F)(F)C(F)(F)C(F)(F)C(F)(F)C(F)(F)F. The maximum absolute atomic E-state index is 14.0. The van der Waals surface area contributed by atoms with Crippen LogP contribution < -0.4 is 0 Å². The maximum Gasteiger partial charge on any atom is 0.460 e. The molecule has 0 aliphatic carbocycles. The quantitative estimate of drug-likeness (QED) is 0.145. The summed E-state index contributed by atoms with van der Waals surface area (Å²) in [5, 5.41) is -24.3. The third-order valence-electron chi connectivity index (χ3n) is 6.48. The van der Waals surface area contributed by atoms with Crippen molar-refractivity contribution in [2.24, 2.45) is 0 Å². The standard InChI is InChI=1S/C17H2F34O4S2/c18-2(19,6(26,27)10(34,35)14(42,43)44)4(22,23)8(30,31)12(38,39)16(48,49)56(52,53)1-57(54,55)17(50,51)13(40,41)9(32,33)5(24,25)3(20,21)7(28,29)11(36,37)15(45,46)47/h1H2. The van der Waals surface area contributed by atoms with Gasteiger partial charge in [0.05, 0.1) is 0 Å². The Hall–Kier alpha value is -2.48. The first-order chi connectivity index (χ1) is 23.7. The zero-order valence-electron chi connectivity index (χ0n) is 24.0. The summed E-state index contributed by atoms with van der Waals surface area (Å²) in [5.74, 6) is -114. The predicted octanol–water partition coefficient (Wildman–Crippen LogP) is 9.71. The fraction of sp³-hybridized carbons (Fsp3) is 1.00. The van der Waals surface area contributed by atoms with Crippen LogP contribution in [-0.4, -0.2) is 116 Å². The van der Waals surface area contributed by atoms with Gasteiger partial charge in [-0.15, -0.1) is 0 Å². The lowest BCUT2D eigenvalue weighted by Crippen LogP contribution is -2.75. The summed E-state index contributed by atoms with van der Waals surface area (Å²) in [6.45, 7) is 0. The van der Waals surface area contributed by atoms with Crippen LogP contribution in [0.2, 0.25) is 0 Å². The fourth-order valence-electron chi connectivity index (χ4n) is 3.04. The highest BCUT2D eigenvalue weighted by Gasteiger charge is 2.98. The van der Waals surface area contributed by atoms with Gasteiger partial charge in [-0.1, -0.05) is 0 Å². The summed E-state index contributed by atoms with van der Waals surface area (Å²) < 4.78 is 497. The Kier molecular flexibility index (Phi) is 12.4. The van der Waals surface area contributed by atoms with Crippen LogP contribution in [-0.2, 0) is 19.7 Å². The molecule has 4 nitrogen and oxygen atoms in total. The lowest BCUT2D eigenvalue weighted by atomic mass is 9.91. The van der Waals surface area contributed by atoms with Gasteiger partial charge in [-0.2, -0.15) is 149 Å². The second-order valence-electron chi connectivity index (χ2n) is 10.3. The van der Waals surface area contributed by atoms with E-state index >= 15 is 0 Å². The van der Waals surface area contributed by atoms with E-state index in [1.54, 1.807) is 0 Å². The molecule has 344 valence electrons. The minimum atomic E-state index is -9.77. The Morgan fingerprint density at radius 3 is 0.474 bits per heavy atom. The van der Waals surface area contributed by atoms with Crippen LogP contribution in [0.4, 0.5) is 149 Å². The molecule has 0 saturated carbocycles. The normalized spacial score (nSPS) is 17.3. The summed E-state index contributed by atoms with van der Waals surface area (Å²) in [7, 11) is -19.3. The smallest absolute Gasteiger partial charge is 0.221 e. The Morgan fingerprint density at radius 1 is 0.211 bits per heavy atom. The van der Waals surface area contributed by atoms with Gasteiger partial charge < -0.3 is 0 Å². The molecule has 0 unspecified atom stereocenters. The van der Waals surface area contributed by atoms with Gasteiger partial charge in [-0.3, -0.25) is 0 Å². The monoisotopic (exact) mass is 980 g/mol. The summed E-state index contributed by atoms with van der Waals surface area (Å²) in [6, 6.07) is 0. The molecule has 0 aromatic heterocycles. The average Bonchev–Trinajstić information content (AvgIpc) is 2.93. The van der Waals surface area contributed by atoms with Crippen LogP contribution in [0.25, 0.3) is 0 Å². The molecule has 57 heavy (non-hydrogen) atoms. The van der Waals surface area contributed by atoms with Gasteiger partial charge in [0.15, 0.2) is 5.08 Å². The van der Waals surface area contributed by atoms with Crippen molar-refractivity contribution < 1.29 is 166 Å². The molecule has 0 rings (SSSR count). The van der Waals surface area contributed by atoms with E-state index in [9.17, 15) is 166 Å². The maximum atomic E-state index is 14.0. The van der Waals surface area contributed by atoms with Crippen molar-refractivity contribution in [2.75, 3.05) is 5.08 Å². The first kappa shape index (κ1) is 54.5. The van der Waals surface area contributed by atoms with Crippen molar-refractivity contribution >= 4 is 19.7 Å². The molecule has 40 heteroatoms. The van der Waals surface area contributed by atoms with E-state index < -0.39 is 119 Å². The molecule has 0 aliphatic heterocycles. The molecule has 0 aromatic rings. The molecular formula is C17H2F34O4S2. The molecule has 0 aliphatic rings. The average molecular weight is 980 g/mol.